The van der Waals surface area contributed by atoms with E-state index in [0.29, 0.717) is 0 Å². The quantitative estimate of drug-likeness (QED) is 0.221. The topological polar surface area (TPSA) is 0 Å². The Morgan fingerprint density at radius 2 is 1.10 bits per heavy atom. The molecule has 0 aliphatic heterocycles. The van der Waals surface area contributed by atoms with Crippen LogP contribution in [0.2, 0.25) is 0 Å². The predicted octanol–water partition coefficient (Wildman–Crippen LogP) is 12.3. The first-order chi connectivity index (χ1) is 20.7. The Bertz CT molecular complexity index is 1480. The average Bonchev–Trinajstić information content (AvgIpc) is 3.03. The highest BCUT2D eigenvalue weighted by Gasteiger charge is 2.28. The first-order valence-corrected chi connectivity index (χ1v) is 17.8. The summed E-state index contributed by atoms with van der Waals surface area (Å²) in [5, 5.41) is 5.59. The minimum atomic E-state index is 0.840. The molecule has 42 heavy (non-hydrogen) atoms. The van der Waals surface area contributed by atoms with Gasteiger partial charge in [-0.3, -0.25) is 0 Å². The average molecular weight is 557 g/mol. The second-order valence-electron chi connectivity index (χ2n) is 14.7. The molecule has 2 fully saturated rings. The van der Waals surface area contributed by atoms with Gasteiger partial charge in [0.2, 0.25) is 0 Å². The SMILES string of the molecule is CCCC1CCC(CC2CCC(CC3CCc4cc(c5ccccc5c4)-c4c(ccc5ccccc45)CC3)CC2)CC1. The van der Waals surface area contributed by atoms with Crippen LogP contribution >= 0.6 is 0 Å². The van der Waals surface area contributed by atoms with Crippen molar-refractivity contribution in [2.75, 3.05) is 0 Å². The van der Waals surface area contributed by atoms with Gasteiger partial charge in [0.15, 0.2) is 0 Å². The molecule has 3 aliphatic rings. The first kappa shape index (κ1) is 28.2. The minimum Gasteiger partial charge on any atom is -0.0654 e. The van der Waals surface area contributed by atoms with Gasteiger partial charge in [0.25, 0.3) is 0 Å². The van der Waals surface area contributed by atoms with Crippen LogP contribution in [0.25, 0.3) is 32.7 Å². The molecule has 4 aromatic carbocycles. The molecular formula is C42H52. The van der Waals surface area contributed by atoms with Crippen molar-refractivity contribution in [3.05, 3.63) is 83.9 Å². The van der Waals surface area contributed by atoms with Crippen molar-refractivity contribution in [3.8, 4) is 11.1 Å². The van der Waals surface area contributed by atoms with Crippen molar-refractivity contribution in [1.29, 1.82) is 0 Å². The zero-order valence-electron chi connectivity index (χ0n) is 26.1. The van der Waals surface area contributed by atoms with Crippen LogP contribution in [0, 0.1) is 29.6 Å². The Kier molecular flexibility index (Phi) is 8.69. The monoisotopic (exact) mass is 556 g/mol. The molecule has 4 aromatic rings. The number of benzene rings is 4. The Labute approximate surface area is 255 Å². The number of hydrogen-bond donors (Lipinski definition) is 0. The molecule has 0 heterocycles. The highest BCUT2D eigenvalue weighted by atomic mass is 14.3. The second-order valence-corrected chi connectivity index (χ2v) is 14.7. The van der Waals surface area contributed by atoms with Crippen LogP contribution in [0.15, 0.2) is 72.8 Å². The molecular weight excluding hydrogens is 504 g/mol. The standard InChI is InChI=1S/C42H52/c1-2-7-30-12-14-31(15-13-30)26-32-16-18-33(19-17-32)27-34-20-21-35-28-38-9-4-5-10-39(38)41(29-35)42-37(23-22-34)25-24-36-8-3-6-11-40(36)42/h3-6,8-11,24-25,28-34H,2,7,12-23,26-27H2,1H3. The molecule has 2 saturated carbocycles. The van der Waals surface area contributed by atoms with Gasteiger partial charge in [0, 0.05) is 0 Å². The number of aryl methyl sites for hydroxylation is 2. The summed E-state index contributed by atoms with van der Waals surface area (Å²) < 4.78 is 0. The van der Waals surface area contributed by atoms with Gasteiger partial charge in [-0.05, 0) is 112 Å². The van der Waals surface area contributed by atoms with Crippen molar-refractivity contribution in [3.63, 3.8) is 0 Å². The van der Waals surface area contributed by atoms with Gasteiger partial charge >= 0.3 is 0 Å². The second kappa shape index (κ2) is 13.0. The van der Waals surface area contributed by atoms with Crippen LogP contribution in [0.1, 0.15) is 108 Å². The number of rotatable bonds is 6. The molecule has 0 saturated heterocycles. The van der Waals surface area contributed by atoms with E-state index in [2.05, 4.69) is 79.7 Å². The van der Waals surface area contributed by atoms with E-state index >= 15 is 0 Å². The lowest BCUT2D eigenvalue weighted by Gasteiger charge is -2.35. The normalized spacial score (nSPS) is 26.6. The number of fused-ring (bicyclic) bond motifs is 8. The molecule has 1 atom stereocenters. The molecule has 0 nitrogen and oxygen atoms in total. The highest BCUT2D eigenvalue weighted by molar-refractivity contribution is 6.07. The summed E-state index contributed by atoms with van der Waals surface area (Å²) in [6, 6.07) is 28.0. The fourth-order valence-corrected chi connectivity index (χ4v) is 9.49. The van der Waals surface area contributed by atoms with Gasteiger partial charge < -0.3 is 0 Å². The summed E-state index contributed by atoms with van der Waals surface area (Å²) in [7, 11) is 0. The van der Waals surface area contributed by atoms with Crippen molar-refractivity contribution in [1.82, 2.24) is 0 Å². The van der Waals surface area contributed by atoms with Crippen molar-refractivity contribution >= 4 is 21.5 Å². The molecule has 220 valence electrons. The highest BCUT2D eigenvalue weighted by Crippen LogP contribution is 2.43. The lowest BCUT2D eigenvalue weighted by atomic mass is 9.71. The Morgan fingerprint density at radius 3 is 1.79 bits per heavy atom. The summed E-state index contributed by atoms with van der Waals surface area (Å²) >= 11 is 0. The maximum atomic E-state index is 2.55. The van der Waals surface area contributed by atoms with Crippen LogP contribution in [-0.2, 0) is 12.8 Å². The Balaban J connectivity index is 1.05. The largest absolute Gasteiger partial charge is 0.0654 e. The molecule has 0 heteroatoms. The van der Waals surface area contributed by atoms with Crippen LogP contribution in [0.5, 0.6) is 0 Å². The van der Waals surface area contributed by atoms with Gasteiger partial charge in [-0.1, -0.05) is 144 Å². The van der Waals surface area contributed by atoms with Gasteiger partial charge in [-0.2, -0.15) is 0 Å². The fraction of sp³-hybridized carbons (Fsp3) is 0.524. The lowest BCUT2D eigenvalue weighted by molar-refractivity contribution is 0.174. The van der Waals surface area contributed by atoms with E-state index in [1.807, 2.05) is 0 Å². The van der Waals surface area contributed by atoms with E-state index in [4.69, 9.17) is 0 Å². The van der Waals surface area contributed by atoms with Gasteiger partial charge in [0.05, 0.1) is 0 Å². The summed E-state index contributed by atoms with van der Waals surface area (Å²) in [6.07, 6.45) is 23.1. The van der Waals surface area contributed by atoms with Gasteiger partial charge in [-0.15, -0.1) is 0 Å². The van der Waals surface area contributed by atoms with Crippen LogP contribution < -0.4 is 0 Å². The van der Waals surface area contributed by atoms with Gasteiger partial charge in [-0.25, -0.2) is 0 Å². The van der Waals surface area contributed by atoms with Crippen LogP contribution in [0.3, 0.4) is 0 Å². The van der Waals surface area contributed by atoms with E-state index in [0.717, 1.165) is 29.6 Å². The van der Waals surface area contributed by atoms with E-state index in [1.165, 1.54) is 135 Å². The maximum Gasteiger partial charge on any atom is -0.00670 e. The van der Waals surface area contributed by atoms with E-state index in [1.54, 1.807) is 12.0 Å². The molecule has 0 spiro atoms. The molecule has 3 aliphatic carbocycles. The van der Waals surface area contributed by atoms with E-state index in [9.17, 15) is 0 Å². The third-order valence-electron chi connectivity index (χ3n) is 11.8. The molecule has 1 unspecified atom stereocenters. The Hall–Kier alpha value is -2.60. The van der Waals surface area contributed by atoms with Crippen molar-refractivity contribution < 1.29 is 0 Å². The third-order valence-corrected chi connectivity index (χ3v) is 11.8. The summed E-state index contributed by atoms with van der Waals surface area (Å²) in [4.78, 5) is 0. The summed E-state index contributed by atoms with van der Waals surface area (Å²) in [5.41, 5.74) is 6.04. The van der Waals surface area contributed by atoms with E-state index < -0.39 is 0 Å². The van der Waals surface area contributed by atoms with E-state index in [-0.39, 0.29) is 0 Å². The fourth-order valence-electron chi connectivity index (χ4n) is 9.49. The Morgan fingerprint density at radius 1 is 0.524 bits per heavy atom. The molecule has 7 rings (SSSR count). The first-order valence-electron chi connectivity index (χ1n) is 17.8. The number of hydrogen-bond acceptors (Lipinski definition) is 0. The third kappa shape index (κ3) is 6.20. The zero-order valence-corrected chi connectivity index (χ0v) is 26.1. The zero-order chi connectivity index (χ0) is 28.3. The predicted molar refractivity (Wildman–Crippen MR) is 182 cm³/mol. The van der Waals surface area contributed by atoms with Gasteiger partial charge in [0.1, 0.15) is 0 Å². The minimum absolute atomic E-state index is 0.840. The summed E-state index contributed by atoms with van der Waals surface area (Å²) in [5.74, 6) is 4.91. The van der Waals surface area contributed by atoms with Crippen LogP contribution in [0.4, 0.5) is 0 Å². The van der Waals surface area contributed by atoms with Crippen molar-refractivity contribution in [2.45, 2.75) is 110 Å². The summed E-state index contributed by atoms with van der Waals surface area (Å²) in [6.45, 7) is 2.37. The molecule has 0 aromatic heterocycles. The molecule has 0 N–H and O–H groups in total. The lowest BCUT2D eigenvalue weighted by Crippen LogP contribution is -2.22. The molecule has 0 amide bonds. The molecule has 0 radical (unpaired) electrons. The molecule has 2 bridgehead atoms. The van der Waals surface area contributed by atoms with Crippen molar-refractivity contribution in [2.24, 2.45) is 29.6 Å². The smallest absolute Gasteiger partial charge is 0.00670 e. The maximum absolute atomic E-state index is 2.55. The van der Waals surface area contributed by atoms with Crippen LogP contribution in [-0.4, -0.2) is 0 Å².